The fraction of sp³-hybridized carbons (Fsp3) is 0.484. The minimum atomic E-state index is -0.952. The van der Waals surface area contributed by atoms with Crippen LogP contribution < -0.4 is 10.6 Å². The van der Waals surface area contributed by atoms with Crippen LogP contribution in [0.5, 0.6) is 0 Å². The molecule has 3 amide bonds. The first-order chi connectivity index (χ1) is 18.5. The highest BCUT2D eigenvalue weighted by atomic mass is 16.2. The summed E-state index contributed by atoms with van der Waals surface area (Å²) in [5, 5.41) is 6.32. The largest absolute Gasteiger partial charge is 0.332 e. The van der Waals surface area contributed by atoms with Crippen molar-refractivity contribution in [1.29, 1.82) is 0 Å². The van der Waals surface area contributed by atoms with Crippen molar-refractivity contribution in [3.63, 3.8) is 0 Å². The van der Waals surface area contributed by atoms with E-state index in [2.05, 4.69) is 27.6 Å². The van der Waals surface area contributed by atoms with Crippen LogP contribution in [0, 0.1) is 12.0 Å². The number of hydrogen-bond donors (Lipinski definition) is 2. The molecular formula is C31H37N5O3. The maximum atomic E-state index is 14.2. The van der Waals surface area contributed by atoms with Gasteiger partial charge >= 0.3 is 6.17 Å². The Balaban J connectivity index is 1.39. The van der Waals surface area contributed by atoms with Gasteiger partial charge < -0.3 is 15.5 Å². The molecule has 1 spiro atoms. The molecule has 39 heavy (non-hydrogen) atoms. The van der Waals surface area contributed by atoms with Crippen LogP contribution in [0.3, 0.4) is 0 Å². The molecule has 2 N–H and O–H groups in total. The van der Waals surface area contributed by atoms with E-state index in [1.165, 1.54) is 5.56 Å². The van der Waals surface area contributed by atoms with Gasteiger partial charge in [0.1, 0.15) is 11.5 Å². The molecule has 5 atom stereocenters. The predicted octanol–water partition coefficient (Wildman–Crippen LogP) is 3.76. The van der Waals surface area contributed by atoms with Crippen molar-refractivity contribution in [1.82, 2.24) is 15.1 Å². The fourth-order valence-corrected chi connectivity index (χ4v) is 6.42. The molecule has 0 unspecified atom stereocenters. The van der Waals surface area contributed by atoms with Crippen molar-refractivity contribution >= 4 is 23.4 Å². The molecule has 0 radical (unpaired) electrons. The molecule has 3 aliphatic rings. The molecular weight excluding hydrogens is 490 g/mol. The Morgan fingerprint density at radius 1 is 1.15 bits per heavy atom. The second-order valence-electron chi connectivity index (χ2n) is 12.4. The van der Waals surface area contributed by atoms with Crippen LogP contribution in [-0.4, -0.2) is 65.9 Å². The minimum Gasteiger partial charge on any atom is -0.332 e. The third-order valence-corrected chi connectivity index (χ3v) is 8.49. The fourth-order valence-electron chi connectivity index (χ4n) is 6.42. The van der Waals surface area contributed by atoms with Gasteiger partial charge in [-0.25, -0.2) is 6.57 Å². The topological polar surface area (TPSA) is 86.1 Å². The Morgan fingerprint density at radius 2 is 1.85 bits per heavy atom. The first-order valence-corrected chi connectivity index (χ1v) is 13.7. The molecule has 0 saturated carbocycles. The van der Waals surface area contributed by atoms with Gasteiger partial charge in [0.15, 0.2) is 0 Å². The summed E-state index contributed by atoms with van der Waals surface area (Å²) in [6.07, 6.45) is 0.582. The maximum Gasteiger partial charge on any atom is 0.302 e. The van der Waals surface area contributed by atoms with Crippen molar-refractivity contribution < 1.29 is 14.4 Å². The molecule has 3 aliphatic heterocycles. The summed E-state index contributed by atoms with van der Waals surface area (Å²) >= 11 is 0. The molecule has 2 aromatic rings. The van der Waals surface area contributed by atoms with Gasteiger partial charge in [0.05, 0.1) is 12.5 Å². The lowest BCUT2D eigenvalue weighted by Crippen LogP contribution is -2.55. The van der Waals surface area contributed by atoms with Crippen molar-refractivity contribution in [2.24, 2.45) is 5.41 Å². The van der Waals surface area contributed by atoms with Gasteiger partial charge in [0, 0.05) is 25.8 Å². The van der Waals surface area contributed by atoms with Gasteiger partial charge in [-0.15, -0.1) is 0 Å². The van der Waals surface area contributed by atoms with Crippen molar-refractivity contribution in [2.75, 3.05) is 25.5 Å². The second-order valence-corrected chi connectivity index (χ2v) is 12.4. The number of benzene rings is 2. The highest BCUT2D eigenvalue weighted by molar-refractivity contribution is 6.07. The monoisotopic (exact) mass is 527 g/mol. The highest BCUT2D eigenvalue weighted by Crippen LogP contribution is 2.47. The molecule has 3 heterocycles. The minimum absolute atomic E-state index is 0.117. The van der Waals surface area contributed by atoms with Gasteiger partial charge in [0.25, 0.3) is 5.91 Å². The van der Waals surface area contributed by atoms with E-state index in [1.807, 2.05) is 63.2 Å². The number of nitrogens with zero attached hydrogens (tertiary/aromatic N) is 3. The number of amides is 3. The van der Waals surface area contributed by atoms with Crippen molar-refractivity contribution in [3.8, 4) is 0 Å². The molecule has 5 rings (SSSR count). The third kappa shape index (κ3) is 4.92. The average molecular weight is 528 g/mol. The summed E-state index contributed by atoms with van der Waals surface area (Å²) in [6.45, 7) is 14.8. The number of rotatable bonds is 5. The number of carbonyl (C=O) groups is 3. The van der Waals surface area contributed by atoms with Crippen LogP contribution in [0.2, 0.25) is 0 Å². The summed E-state index contributed by atoms with van der Waals surface area (Å²) in [6, 6.07) is 16.5. The molecule has 2 aromatic carbocycles. The zero-order valence-electron chi connectivity index (χ0n) is 23.1. The number of hydrogen-bond acceptors (Lipinski definition) is 4. The third-order valence-electron chi connectivity index (χ3n) is 8.49. The summed E-state index contributed by atoms with van der Waals surface area (Å²) in [4.78, 5) is 48.1. The molecule has 8 nitrogen and oxygen atoms in total. The summed E-state index contributed by atoms with van der Waals surface area (Å²) in [5.41, 5.74) is 1.57. The number of para-hydroxylation sites is 1. The van der Waals surface area contributed by atoms with Crippen molar-refractivity contribution in [2.45, 2.75) is 69.6 Å². The van der Waals surface area contributed by atoms with E-state index in [4.69, 9.17) is 6.57 Å². The Hall–Kier alpha value is -3.70. The van der Waals surface area contributed by atoms with Gasteiger partial charge in [0.2, 0.25) is 11.8 Å². The number of anilines is 1. The summed E-state index contributed by atoms with van der Waals surface area (Å²) < 4.78 is 0. The van der Waals surface area contributed by atoms with E-state index in [0.717, 1.165) is 11.3 Å². The van der Waals surface area contributed by atoms with E-state index in [9.17, 15) is 14.4 Å². The average Bonchev–Trinajstić information content (AvgIpc) is 3.63. The SMILES string of the molecule is [C-]#[N+][C@@H]1C[C@@]2(CN1C(=O)[C@H](CC(C)(C)C)N(C)C(=O)[C@@H]1C[C@H](c3ccccc3)CN1)C(=O)Nc1ccccc12. The second kappa shape index (κ2) is 10.1. The van der Waals surface area contributed by atoms with Crippen LogP contribution in [0.15, 0.2) is 54.6 Å². The zero-order chi connectivity index (χ0) is 27.9. The Bertz CT molecular complexity index is 1310. The molecule has 0 aliphatic carbocycles. The lowest BCUT2D eigenvalue weighted by Gasteiger charge is -2.36. The number of likely N-dealkylation sites (tertiary alicyclic amines) is 1. The number of carbonyl (C=O) groups excluding carboxylic acids is 3. The van der Waals surface area contributed by atoms with E-state index in [1.54, 1.807) is 16.8 Å². The number of nitrogens with one attached hydrogen (secondary N) is 2. The predicted molar refractivity (Wildman–Crippen MR) is 150 cm³/mol. The Kier molecular flexibility index (Phi) is 6.98. The molecule has 204 valence electrons. The highest BCUT2D eigenvalue weighted by Gasteiger charge is 2.59. The number of fused-ring (bicyclic) bond motifs is 2. The summed E-state index contributed by atoms with van der Waals surface area (Å²) in [7, 11) is 1.70. The maximum absolute atomic E-state index is 14.2. The molecule has 2 fully saturated rings. The Morgan fingerprint density at radius 3 is 2.54 bits per heavy atom. The van der Waals surface area contributed by atoms with Crippen LogP contribution in [0.25, 0.3) is 4.85 Å². The standard InChI is InChI=1S/C31H37N5O3/c1-30(2,3)16-25(35(5)27(37)24-15-21(18-33-24)20-11-7-6-8-12-20)28(38)36-19-31(17-26(36)32-4)22-13-9-10-14-23(22)34-29(31)39/h6-14,21,24-26,33H,15-19H2,1-3,5H3,(H,34,39)/t21-,24-,25-,26-,31-/m0/s1. The Labute approximate surface area is 230 Å². The quantitative estimate of drug-likeness (QED) is 0.580. The van der Waals surface area contributed by atoms with Crippen LogP contribution >= 0.6 is 0 Å². The van der Waals surface area contributed by atoms with Crippen LogP contribution in [0.1, 0.15) is 57.1 Å². The zero-order valence-corrected chi connectivity index (χ0v) is 23.1. The molecule has 0 aromatic heterocycles. The molecule has 2 saturated heterocycles. The number of likely N-dealkylation sites (N-methyl/N-ethyl adjacent to an activating group) is 1. The van der Waals surface area contributed by atoms with Crippen LogP contribution in [0.4, 0.5) is 5.69 Å². The first-order valence-electron chi connectivity index (χ1n) is 13.7. The molecule has 0 bridgehead atoms. The van der Waals surface area contributed by atoms with Crippen molar-refractivity contribution in [3.05, 3.63) is 77.1 Å². The van der Waals surface area contributed by atoms with Gasteiger partial charge in [-0.05, 0) is 41.4 Å². The molecule has 8 heteroatoms. The van der Waals surface area contributed by atoms with Gasteiger partial charge in [-0.2, -0.15) is 0 Å². The van der Waals surface area contributed by atoms with E-state index in [0.29, 0.717) is 19.4 Å². The normalized spacial score (nSPS) is 26.7. The van der Waals surface area contributed by atoms with Crippen LogP contribution in [-0.2, 0) is 19.8 Å². The lowest BCUT2D eigenvalue weighted by atomic mass is 9.80. The van der Waals surface area contributed by atoms with Gasteiger partial charge in [-0.3, -0.25) is 24.1 Å². The van der Waals surface area contributed by atoms with E-state index in [-0.39, 0.29) is 48.1 Å². The first kappa shape index (κ1) is 26.9. The van der Waals surface area contributed by atoms with E-state index < -0.39 is 17.6 Å². The van der Waals surface area contributed by atoms with E-state index >= 15 is 0 Å². The summed E-state index contributed by atoms with van der Waals surface area (Å²) in [5.74, 6) is -0.329. The smallest absolute Gasteiger partial charge is 0.302 e. The van der Waals surface area contributed by atoms with Gasteiger partial charge in [-0.1, -0.05) is 69.3 Å². The lowest BCUT2D eigenvalue weighted by molar-refractivity contribution is -0.147.